The number of hydrogen-bond acceptors (Lipinski definition) is 15. The third-order valence-electron chi connectivity index (χ3n) is 13.1. The summed E-state index contributed by atoms with van der Waals surface area (Å²) in [5.41, 5.74) is 1.13. The quantitative estimate of drug-likeness (QED) is 0.0236. The fourth-order valence-corrected chi connectivity index (χ4v) is 10.3. The second-order valence-corrected chi connectivity index (χ2v) is 29.1. The molecule has 0 radical (unpaired) electrons. The number of hydrogen-bond donors (Lipinski definition) is 6. The highest BCUT2D eigenvalue weighted by atomic mass is 32.2. The average Bonchev–Trinajstić information content (AvgIpc) is 2.52. The molecule has 1 aliphatic rings. The molecule has 4 rings (SSSR count). The SMILES string of the molecule is CC(C)(C)[C@H](c1cc(-c2cc(F)ccc2F)cn1Cc1ccccc1)N(CCCNC(=O)OCC[Si](C)(C)C)C(=O)CSC[C@H](NC(=O)[C@H](CCC(=O)O)NC(=O)CCOCCOCCOCCOCCNC(=O)CCN1C(=O)C=CC1=O)C(=O)O. The van der Waals surface area contributed by atoms with Gasteiger partial charge in [-0.05, 0) is 54.1 Å². The summed E-state index contributed by atoms with van der Waals surface area (Å²) in [6.45, 7) is 14.7. The number of aromatic nitrogens is 1. The Balaban J connectivity index is 1.31. The van der Waals surface area contributed by atoms with Gasteiger partial charge in [0.05, 0.1) is 71.3 Å². The number of aliphatic carboxylic acids is 2. The van der Waals surface area contributed by atoms with Crippen molar-refractivity contribution in [3.8, 4) is 11.1 Å². The number of thioether (sulfide) groups is 1. The number of halogens is 2. The molecule has 23 nitrogen and oxygen atoms in total. The first kappa shape index (κ1) is 71.4. The van der Waals surface area contributed by atoms with E-state index in [1.165, 1.54) is 0 Å². The highest BCUT2D eigenvalue weighted by Crippen LogP contribution is 2.41. The van der Waals surface area contributed by atoms with Crippen molar-refractivity contribution in [2.24, 2.45) is 5.41 Å². The van der Waals surface area contributed by atoms with Crippen LogP contribution in [0.1, 0.15) is 70.2 Å². The lowest BCUT2D eigenvalue weighted by atomic mass is 9.83. The largest absolute Gasteiger partial charge is 0.481 e. The van der Waals surface area contributed by atoms with E-state index in [0.29, 0.717) is 17.8 Å². The van der Waals surface area contributed by atoms with Gasteiger partial charge in [0.15, 0.2) is 0 Å². The molecule has 86 heavy (non-hydrogen) atoms. The molecule has 474 valence electrons. The van der Waals surface area contributed by atoms with E-state index in [-0.39, 0.29) is 134 Å². The molecule has 3 atom stereocenters. The molecule has 3 aromatic rings. The van der Waals surface area contributed by atoms with E-state index in [2.05, 4.69) is 40.9 Å². The van der Waals surface area contributed by atoms with Crippen molar-refractivity contribution in [1.82, 2.24) is 35.6 Å². The van der Waals surface area contributed by atoms with Crippen LogP contribution in [0.4, 0.5) is 13.6 Å². The van der Waals surface area contributed by atoms with Crippen LogP contribution < -0.4 is 21.3 Å². The summed E-state index contributed by atoms with van der Waals surface area (Å²) in [7, 11) is -1.48. The Kier molecular flexibility index (Phi) is 30.6. The molecule has 6 N–H and O–H groups in total. The van der Waals surface area contributed by atoms with Crippen molar-refractivity contribution < 1.29 is 85.8 Å². The van der Waals surface area contributed by atoms with E-state index in [0.717, 1.165) is 58.6 Å². The molecule has 1 aliphatic heterocycles. The van der Waals surface area contributed by atoms with Crippen LogP contribution in [0.25, 0.3) is 11.1 Å². The fourth-order valence-electron chi connectivity index (χ4n) is 8.69. The van der Waals surface area contributed by atoms with Gasteiger partial charge in [-0.1, -0.05) is 70.7 Å². The number of nitrogens with zero attached hydrogens (tertiary/aromatic N) is 3. The van der Waals surface area contributed by atoms with Crippen molar-refractivity contribution >= 4 is 73.3 Å². The average molecular weight is 1240 g/mol. The van der Waals surface area contributed by atoms with Crippen LogP contribution in [0.2, 0.25) is 25.7 Å². The third-order valence-corrected chi connectivity index (χ3v) is 15.8. The third kappa shape index (κ3) is 26.7. The van der Waals surface area contributed by atoms with E-state index in [4.69, 9.17) is 23.7 Å². The summed E-state index contributed by atoms with van der Waals surface area (Å²) in [6.07, 6.45) is 2.52. The Hall–Kier alpha value is -7.04. The molecule has 0 aliphatic carbocycles. The van der Waals surface area contributed by atoms with Crippen LogP contribution in [0.3, 0.4) is 0 Å². The minimum absolute atomic E-state index is 0.00896. The number of nitrogens with one attached hydrogen (secondary N) is 4. The highest BCUT2D eigenvalue weighted by molar-refractivity contribution is 8.00. The van der Waals surface area contributed by atoms with E-state index in [1.54, 1.807) is 17.2 Å². The number of imide groups is 1. The summed E-state index contributed by atoms with van der Waals surface area (Å²) in [6, 6.07) is 11.3. The Morgan fingerprint density at radius 2 is 1.37 bits per heavy atom. The lowest BCUT2D eigenvalue weighted by Gasteiger charge is -2.41. The first-order valence-electron chi connectivity index (χ1n) is 28.5. The lowest BCUT2D eigenvalue weighted by Crippen LogP contribution is -2.52. The van der Waals surface area contributed by atoms with Gasteiger partial charge < -0.3 is 64.6 Å². The number of carboxylic acids is 2. The molecule has 7 amide bonds. The predicted molar refractivity (Wildman–Crippen MR) is 318 cm³/mol. The van der Waals surface area contributed by atoms with Gasteiger partial charge in [0.2, 0.25) is 23.6 Å². The molecule has 0 saturated carbocycles. The van der Waals surface area contributed by atoms with Gasteiger partial charge in [0.1, 0.15) is 23.7 Å². The van der Waals surface area contributed by atoms with Crippen LogP contribution in [0.15, 0.2) is 72.9 Å². The Labute approximate surface area is 505 Å². The molecule has 0 bridgehead atoms. The lowest BCUT2D eigenvalue weighted by molar-refractivity contribution is -0.142. The topological polar surface area (TPSA) is 300 Å². The van der Waals surface area contributed by atoms with Crippen molar-refractivity contribution in [1.29, 1.82) is 0 Å². The second-order valence-electron chi connectivity index (χ2n) is 22.4. The molecule has 0 saturated heterocycles. The van der Waals surface area contributed by atoms with Gasteiger partial charge in [-0.3, -0.25) is 38.5 Å². The fraction of sp³-hybridized carbons (Fsp3) is 0.542. The second kappa shape index (κ2) is 36.8. The van der Waals surface area contributed by atoms with Crippen LogP contribution in [0, 0.1) is 17.0 Å². The van der Waals surface area contributed by atoms with Gasteiger partial charge in [-0.2, -0.15) is 0 Å². The minimum Gasteiger partial charge on any atom is -0.481 e. The minimum atomic E-state index is -1.59. The summed E-state index contributed by atoms with van der Waals surface area (Å²) in [4.78, 5) is 116. The molecule has 0 spiro atoms. The molecule has 0 fully saturated rings. The van der Waals surface area contributed by atoms with E-state index >= 15 is 4.39 Å². The summed E-state index contributed by atoms with van der Waals surface area (Å²) in [5.74, 6) is -7.93. The van der Waals surface area contributed by atoms with E-state index < -0.39 is 97.2 Å². The van der Waals surface area contributed by atoms with Crippen LogP contribution in [-0.4, -0.2) is 195 Å². The molecule has 1 aromatic heterocycles. The zero-order valence-corrected chi connectivity index (χ0v) is 51.6. The Morgan fingerprint density at radius 1 is 0.733 bits per heavy atom. The van der Waals surface area contributed by atoms with Gasteiger partial charge in [-0.25, -0.2) is 18.4 Å². The van der Waals surface area contributed by atoms with Crippen LogP contribution >= 0.6 is 11.8 Å². The first-order chi connectivity index (χ1) is 40.8. The van der Waals surface area contributed by atoms with E-state index in [1.807, 2.05) is 55.7 Å². The number of rotatable bonds is 41. The Morgan fingerprint density at radius 3 is 1.99 bits per heavy atom. The molecular formula is C59H83F2N7O16SSi. The molecule has 2 aromatic carbocycles. The van der Waals surface area contributed by atoms with Crippen molar-refractivity contribution in [2.45, 2.75) is 103 Å². The van der Waals surface area contributed by atoms with Crippen LogP contribution in [0.5, 0.6) is 0 Å². The summed E-state index contributed by atoms with van der Waals surface area (Å²) in [5, 5.41) is 30.0. The maximum absolute atomic E-state index is 15.4. The monoisotopic (exact) mass is 1240 g/mol. The van der Waals surface area contributed by atoms with Gasteiger partial charge in [0.25, 0.3) is 11.8 Å². The predicted octanol–water partition coefficient (Wildman–Crippen LogP) is 5.39. The zero-order valence-electron chi connectivity index (χ0n) is 49.8. The van der Waals surface area contributed by atoms with E-state index in [9.17, 15) is 57.8 Å². The number of carboxylic acid groups (broad SMARTS) is 2. The van der Waals surface area contributed by atoms with Gasteiger partial charge >= 0.3 is 18.0 Å². The molecule has 2 heterocycles. The molecular weight excluding hydrogens is 1160 g/mol. The summed E-state index contributed by atoms with van der Waals surface area (Å²) < 4.78 is 59.2. The van der Waals surface area contributed by atoms with Crippen molar-refractivity contribution in [3.63, 3.8) is 0 Å². The number of carbonyl (C=O) groups excluding carboxylic acids is 7. The van der Waals surface area contributed by atoms with Crippen LogP contribution in [-0.2, 0) is 68.6 Å². The standard InChI is InChI=1S/C59H83F2N7O16SSi/c1-59(2,3)55(48-35-42(44-36-43(60)13-14-45(44)61)38-66(48)37-41-11-8-7-9-12-41)68(23-10-21-63-58(79)84-33-34-86(4,5)6)53(73)40-85-39-47(57(77)78)65-56(76)46(15-18-54(74)75)64-50(70)20-25-80-27-29-82-31-32-83-30-28-81-26-22-62-49(69)19-24-67-51(71)16-17-52(67)72/h7-9,11-14,16-17,35-36,38,46-47,55H,10,15,18-34,37,39-40H2,1-6H3,(H,62,69)(H,63,79)(H,64,70)(H,65,76)(H,74,75)(H,77,78)/t46-,47-,55-/m0/s1. The maximum Gasteiger partial charge on any atom is 0.407 e. The van der Waals surface area contributed by atoms with Crippen molar-refractivity contribution in [2.75, 3.05) is 97.1 Å². The number of ether oxygens (including phenoxy) is 5. The Bertz CT molecular complexity index is 2740. The zero-order chi connectivity index (χ0) is 63.2. The van der Waals surface area contributed by atoms with Gasteiger partial charge in [-0.15, -0.1) is 11.8 Å². The molecule has 0 unspecified atom stereocenters. The van der Waals surface area contributed by atoms with Crippen molar-refractivity contribution in [3.05, 3.63) is 95.8 Å². The first-order valence-corrected chi connectivity index (χ1v) is 33.3. The number of benzene rings is 2. The maximum atomic E-state index is 15.4. The summed E-state index contributed by atoms with van der Waals surface area (Å²) >= 11 is 0.917. The van der Waals surface area contributed by atoms with Gasteiger partial charge in [0, 0.05) is 101 Å². The number of amides is 7. The highest BCUT2D eigenvalue weighted by Gasteiger charge is 2.38. The number of carbonyl (C=O) groups is 9. The molecule has 27 heteroatoms. The number of alkyl carbamates (subject to hydrolysis) is 1. The smallest absolute Gasteiger partial charge is 0.407 e. The normalized spacial score (nSPS) is 13.5.